The molecular weight excluding hydrogens is 224 g/mol. The Kier molecular flexibility index (Phi) is 5.27. The SMILES string of the molecule is Cc1ccccc1CCC[SiH2]C1CCCCO1. The highest BCUT2D eigenvalue weighted by atomic mass is 28.2. The fraction of sp³-hybridized carbons (Fsp3) is 0.600. The molecule has 0 bridgehead atoms. The molecule has 0 radical (unpaired) electrons. The predicted molar refractivity (Wildman–Crippen MR) is 76.4 cm³/mol. The van der Waals surface area contributed by atoms with Crippen LogP contribution in [0.1, 0.15) is 36.8 Å². The highest BCUT2D eigenvalue weighted by Gasteiger charge is 2.13. The standard InChI is InChI=1S/C15H24OSi/c1-13-7-2-3-8-14(13)9-6-12-17-15-10-4-5-11-16-15/h2-3,7-8,15H,4-6,9-12,17H2,1H3. The van der Waals surface area contributed by atoms with E-state index in [9.17, 15) is 0 Å². The fourth-order valence-electron chi connectivity index (χ4n) is 2.61. The van der Waals surface area contributed by atoms with E-state index >= 15 is 0 Å². The van der Waals surface area contributed by atoms with E-state index in [2.05, 4.69) is 31.2 Å². The van der Waals surface area contributed by atoms with Gasteiger partial charge < -0.3 is 4.74 Å². The molecule has 0 aromatic heterocycles. The van der Waals surface area contributed by atoms with Crippen molar-refractivity contribution >= 4 is 9.52 Å². The molecule has 1 aliphatic rings. The van der Waals surface area contributed by atoms with Gasteiger partial charge in [0.15, 0.2) is 0 Å². The molecule has 0 N–H and O–H groups in total. The van der Waals surface area contributed by atoms with Crippen LogP contribution in [-0.2, 0) is 11.2 Å². The van der Waals surface area contributed by atoms with Crippen LogP contribution in [0.5, 0.6) is 0 Å². The lowest BCUT2D eigenvalue weighted by Gasteiger charge is -2.22. The summed E-state index contributed by atoms with van der Waals surface area (Å²) in [6.45, 7) is 3.24. The zero-order valence-corrected chi connectivity index (χ0v) is 12.4. The zero-order valence-electron chi connectivity index (χ0n) is 11.0. The van der Waals surface area contributed by atoms with Crippen molar-refractivity contribution in [2.75, 3.05) is 6.61 Å². The molecule has 0 amide bonds. The number of benzene rings is 1. The van der Waals surface area contributed by atoms with E-state index < -0.39 is 0 Å². The van der Waals surface area contributed by atoms with Crippen molar-refractivity contribution in [2.24, 2.45) is 0 Å². The highest BCUT2D eigenvalue weighted by Crippen LogP contribution is 2.15. The van der Waals surface area contributed by atoms with Gasteiger partial charge in [-0.15, -0.1) is 0 Å². The molecule has 1 atom stereocenters. The maximum absolute atomic E-state index is 5.82. The number of hydrogen-bond donors (Lipinski definition) is 0. The lowest BCUT2D eigenvalue weighted by atomic mass is 10.1. The summed E-state index contributed by atoms with van der Waals surface area (Å²) in [7, 11) is 0.0151. The lowest BCUT2D eigenvalue weighted by Crippen LogP contribution is -2.25. The van der Waals surface area contributed by atoms with Gasteiger partial charge in [-0.05, 0) is 43.7 Å². The molecule has 1 saturated heterocycles. The van der Waals surface area contributed by atoms with Gasteiger partial charge in [0.05, 0.1) is 9.52 Å². The van der Waals surface area contributed by atoms with Gasteiger partial charge in [0.25, 0.3) is 0 Å². The Morgan fingerprint density at radius 1 is 1.29 bits per heavy atom. The summed E-state index contributed by atoms with van der Waals surface area (Å²) in [5, 5.41) is 0. The van der Waals surface area contributed by atoms with E-state index in [1.807, 2.05) is 0 Å². The van der Waals surface area contributed by atoms with Gasteiger partial charge in [-0.1, -0.05) is 36.7 Å². The molecule has 1 aliphatic heterocycles. The van der Waals surface area contributed by atoms with Crippen molar-refractivity contribution in [2.45, 2.75) is 50.8 Å². The van der Waals surface area contributed by atoms with Gasteiger partial charge in [-0.2, -0.15) is 0 Å². The summed E-state index contributed by atoms with van der Waals surface area (Å²) in [5.74, 6) is 0. The smallest absolute Gasteiger partial charge is 0.0555 e. The van der Waals surface area contributed by atoms with Gasteiger partial charge >= 0.3 is 0 Å². The fourth-order valence-corrected chi connectivity index (χ4v) is 4.52. The summed E-state index contributed by atoms with van der Waals surface area (Å²) in [6.07, 6.45) is 6.64. The van der Waals surface area contributed by atoms with Gasteiger partial charge in [0, 0.05) is 12.3 Å². The van der Waals surface area contributed by atoms with Crippen molar-refractivity contribution in [3.8, 4) is 0 Å². The molecule has 1 fully saturated rings. The monoisotopic (exact) mass is 248 g/mol. The number of hydrogen-bond acceptors (Lipinski definition) is 1. The summed E-state index contributed by atoms with van der Waals surface area (Å²) in [5.41, 5.74) is 3.68. The molecule has 2 heteroatoms. The molecular formula is C15H24OSi. The second-order valence-corrected chi connectivity index (χ2v) is 7.36. The molecule has 1 unspecified atom stereocenters. The molecule has 0 spiro atoms. The third kappa shape index (κ3) is 4.28. The summed E-state index contributed by atoms with van der Waals surface area (Å²) >= 11 is 0. The summed E-state index contributed by atoms with van der Waals surface area (Å²) in [4.78, 5) is 0. The van der Waals surface area contributed by atoms with Crippen LogP contribution < -0.4 is 0 Å². The molecule has 1 aromatic carbocycles. The van der Waals surface area contributed by atoms with E-state index in [4.69, 9.17) is 4.74 Å². The molecule has 0 saturated carbocycles. The second-order valence-electron chi connectivity index (χ2n) is 5.16. The third-order valence-corrected chi connectivity index (χ3v) is 5.95. The Morgan fingerprint density at radius 2 is 2.18 bits per heavy atom. The minimum Gasteiger partial charge on any atom is -0.382 e. The van der Waals surface area contributed by atoms with Crippen LogP contribution >= 0.6 is 0 Å². The molecule has 1 nitrogen and oxygen atoms in total. The van der Waals surface area contributed by atoms with Crippen LogP contribution in [0.25, 0.3) is 0 Å². The maximum Gasteiger partial charge on any atom is 0.0555 e. The predicted octanol–water partition coefficient (Wildman–Crippen LogP) is 3.04. The molecule has 94 valence electrons. The summed E-state index contributed by atoms with van der Waals surface area (Å²) < 4.78 is 5.82. The van der Waals surface area contributed by atoms with E-state index in [1.54, 1.807) is 0 Å². The molecule has 2 rings (SSSR count). The van der Waals surface area contributed by atoms with Crippen LogP contribution in [0.15, 0.2) is 24.3 Å². The average molecular weight is 248 g/mol. The minimum absolute atomic E-state index is 0.0151. The van der Waals surface area contributed by atoms with Crippen molar-refractivity contribution in [1.29, 1.82) is 0 Å². The van der Waals surface area contributed by atoms with Crippen LogP contribution in [0.4, 0.5) is 0 Å². The number of aryl methyl sites for hydroxylation is 2. The van der Waals surface area contributed by atoms with E-state index in [0.29, 0.717) is 5.73 Å². The van der Waals surface area contributed by atoms with Crippen LogP contribution in [0, 0.1) is 6.92 Å². The van der Waals surface area contributed by atoms with Crippen LogP contribution in [-0.4, -0.2) is 21.9 Å². The zero-order chi connectivity index (χ0) is 11.9. The molecule has 17 heavy (non-hydrogen) atoms. The third-order valence-electron chi connectivity index (χ3n) is 3.76. The lowest BCUT2D eigenvalue weighted by molar-refractivity contribution is 0.0650. The van der Waals surface area contributed by atoms with Gasteiger partial charge in [0.1, 0.15) is 0 Å². The quantitative estimate of drug-likeness (QED) is 0.575. The Hall–Kier alpha value is -0.603. The van der Waals surface area contributed by atoms with Crippen molar-refractivity contribution in [3.05, 3.63) is 35.4 Å². The summed E-state index contributed by atoms with van der Waals surface area (Å²) in [6, 6.07) is 10.2. The van der Waals surface area contributed by atoms with Crippen molar-refractivity contribution in [3.63, 3.8) is 0 Å². The van der Waals surface area contributed by atoms with Crippen LogP contribution in [0.3, 0.4) is 0 Å². The maximum atomic E-state index is 5.82. The highest BCUT2D eigenvalue weighted by molar-refractivity contribution is 6.37. The Morgan fingerprint density at radius 3 is 2.94 bits per heavy atom. The first-order chi connectivity index (χ1) is 8.36. The average Bonchev–Trinajstić information content (AvgIpc) is 2.38. The van der Waals surface area contributed by atoms with Gasteiger partial charge in [0.2, 0.25) is 0 Å². The van der Waals surface area contributed by atoms with Crippen LogP contribution in [0.2, 0.25) is 6.04 Å². The largest absolute Gasteiger partial charge is 0.382 e. The van der Waals surface area contributed by atoms with E-state index in [0.717, 1.165) is 6.61 Å². The second kappa shape index (κ2) is 6.97. The minimum atomic E-state index is 0.0151. The first-order valence-corrected chi connectivity index (χ1v) is 8.84. The first kappa shape index (κ1) is 12.8. The Balaban J connectivity index is 1.64. The first-order valence-electron chi connectivity index (χ1n) is 7.02. The molecule has 1 heterocycles. The Bertz CT molecular complexity index is 331. The van der Waals surface area contributed by atoms with E-state index in [-0.39, 0.29) is 9.52 Å². The molecule has 0 aliphatic carbocycles. The Labute approximate surface area is 107 Å². The van der Waals surface area contributed by atoms with Gasteiger partial charge in [-0.3, -0.25) is 0 Å². The molecule has 1 aromatic rings. The number of ether oxygens (including phenoxy) is 1. The van der Waals surface area contributed by atoms with Crippen molar-refractivity contribution < 1.29 is 4.74 Å². The van der Waals surface area contributed by atoms with E-state index in [1.165, 1.54) is 49.3 Å². The topological polar surface area (TPSA) is 9.23 Å². The normalized spacial score (nSPS) is 21.1. The van der Waals surface area contributed by atoms with Crippen molar-refractivity contribution in [1.82, 2.24) is 0 Å². The number of rotatable bonds is 5. The van der Waals surface area contributed by atoms with Gasteiger partial charge in [-0.25, -0.2) is 0 Å².